The number of halogens is 2. The van der Waals surface area contributed by atoms with Crippen LogP contribution in [0.1, 0.15) is 50.7 Å². The number of aromatic nitrogens is 3. The van der Waals surface area contributed by atoms with Crippen molar-refractivity contribution < 1.29 is 0 Å². The topological polar surface area (TPSA) is 30.7 Å². The van der Waals surface area contributed by atoms with Gasteiger partial charge in [-0.1, -0.05) is 24.9 Å². The van der Waals surface area contributed by atoms with E-state index in [4.69, 9.17) is 23.2 Å². The number of alkyl halides is 1. The smallest absolute Gasteiger partial charge is 0.160 e. The molecule has 3 rings (SSSR count). The van der Waals surface area contributed by atoms with Crippen LogP contribution >= 0.6 is 23.2 Å². The van der Waals surface area contributed by atoms with Crippen molar-refractivity contribution in [1.29, 1.82) is 0 Å². The Hall–Kier alpha value is -0.800. The normalized spacial score (nSPS) is 18.4. The number of imidazole rings is 1. The molecule has 1 aliphatic rings. The van der Waals surface area contributed by atoms with Gasteiger partial charge in [-0.25, -0.2) is 9.97 Å². The summed E-state index contributed by atoms with van der Waals surface area (Å²) in [5.41, 5.74) is 2.18. The molecule has 20 heavy (non-hydrogen) atoms. The quantitative estimate of drug-likeness (QED) is 0.730. The molecule has 0 spiro atoms. The van der Waals surface area contributed by atoms with Gasteiger partial charge < -0.3 is 4.57 Å². The lowest BCUT2D eigenvalue weighted by molar-refractivity contribution is 0.386. The monoisotopic (exact) mass is 311 g/mol. The van der Waals surface area contributed by atoms with Crippen LogP contribution in [0.25, 0.3) is 11.2 Å². The lowest BCUT2D eigenvalue weighted by Crippen LogP contribution is -2.15. The van der Waals surface area contributed by atoms with E-state index in [1.54, 1.807) is 6.20 Å². The molecular formula is C15H19Cl2N3. The zero-order chi connectivity index (χ0) is 14.3. The zero-order valence-electron chi connectivity index (χ0n) is 11.9. The van der Waals surface area contributed by atoms with E-state index >= 15 is 0 Å². The van der Waals surface area contributed by atoms with Crippen LogP contribution < -0.4 is 0 Å². The van der Waals surface area contributed by atoms with Crippen LogP contribution in [0.4, 0.5) is 0 Å². The minimum absolute atomic E-state index is 0.125. The summed E-state index contributed by atoms with van der Waals surface area (Å²) in [5, 5.41) is 0.492. The molecule has 0 aliphatic heterocycles. The zero-order valence-corrected chi connectivity index (χ0v) is 13.4. The largest absolute Gasteiger partial charge is 0.311 e. The van der Waals surface area contributed by atoms with Gasteiger partial charge in [0.25, 0.3) is 0 Å². The first-order valence-electron chi connectivity index (χ1n) is 7.20. The predicted octanol–water partition coefficient (Wildman–Crippen LogP) is 4.96. The fourth-order valence-electron chi connectivity index (χ4n) is 2.99. The number of rotatable bonds is 5. The molecule has 2 aromatic heterocycles. The van der Waals surface area contributed by atoms with Crippen LogP contribution in [0.5, 0.6) is 0 Å². The molecule has 0 saturated heterocycles. The van der Waals surface area contributed by atoms with Gasteiger partial charge in [-0.05, 0) is 37.7 Å². The van der Waals surface area contributed by atoms with E-state index in [9.17, 15) is 0 Å². The van der Waals surface area contributed by atoms with Gasteiger partial charge in [-0.3, -0.25) is 0 Å². The Morgan fingerprint density at radius 2 is 2.20 bits per heavy atom. The van der Waals surface area contributed by atoms with E-state index in [1.807, 2.05) is 13.0 Å². The SMILES string of the molecule is CCCC1(Cn2c(C(C)Cl)nc3cc(Cl)cnc32)CC1. The molecule has 1 fully saturated rings. The molecule has 108 valence electrons. The summed E-state index contributed by atoms with van der Waals surface area (Å²) >= 11 is 12.3. The average Bonchev–Trinajstić information content (AvgIpc) is 3.05. The summed E-state index contributed by atoms with van der Waals surface area (Å²) in [5.74, 6) is 0.902. The van der Waals surface area contributed by atoms with Crippen molar-refractivity contribution in [3.05, 3.63) is 23.1 Å². The third-order valence-electron chi connectivity index (χ3n) is 4.17. The van der Waals surface area contributed by atoms with Crippen molar-refractivity contribution in [2.45, 2.75) is 51.5 Å². The minimum atomic E-state index is -0.125. The Morgan fingerprint density at radius 1 is 1.45 bits per heavy atom. The van der Waals surface area contributed by atoms with Crippen molar-refractivity contribution in [3.63, 3.8) is 0 Å². The van der Waals surface area contributed by atoms with Gasteiger partial charge in [-0.15, -0.1) is 11.6 Å². The lowest BCUT2D eigenvalue weighted by atomic mass is 10.0. The fourth-order valence-corrected chi connectivity index (χ4v) is 3.31. The van der Waals surface area contributed by atoms with Crippen molar-refractivity contribution in [2.24, 2.45) is 5.41 Å². The second-order valence-electron chi connectivity index (χ2n) is 5.92. The third-order valence-corrected chi connectivity index (χ3v) is 4.57. The van der Waals surface area contributed by atoms with Gasteiger partial charge in [0.2, 0.25) is 0 Å². The molecule has 0 amide bonds. The molecule has 1 aliphatic carbocycles. The lowest BCUT2D eigenvalue weighted by Gasteiger charge is -2.18. The molecule has 1 unspecified atom stereocenters. The molecule has 0 bridgehead atoms. The Labute approximate surface area is 129 Å². The highest BCUT2D eigenvalue weighted by Gasteiger charge is 2.42. The Bertz CT molecular complexity index is 629. The first-order chi connectivity index (χ1) is 9.54. The summed E-state index contributed by atoms with van der Waals surface area (Å²) in [7, 11) is 0. The van der Waals surface area contributed by atoms with E-state index in [-0.39, 0.29) is 5.38 Å². The standard InChI is InChI=1S/C15H19Cl2N3/c1-3-4-15(5-6-15)9-20-13(10(2)16)19-12-7-11(17)8-18-14(12)20/h7-8,10H,3-6,9H2,1-2H3. The molecule has 2 aromatic rings. The first-order valence-corrected chi connectivity index (χ1v) is 8.02. The van der Waals surface area contributed by atoms with Gasteiger partial charge in [0.05, 0.1) is 10.4 Å². The fraction of sp³-hybridized carbons (Fsp3) is 0.600. The molecule has 2 heterocycles. The van der Waals surface area contributed by atoms with Crippen molar-refractivity contribution >= 4 is 34.4 Å². The van der Waals surface area contributed by atoms with Crippen LogP contribution in [0.2, 0.25) is 5.02 Å². The first kappa shape index (κ1) is 14.2. The second-order valence-corrected chi connectivity index (χ2v) is 7.01. The molecule has 0 N–H and O–H groups in total. The second kappa shape index (κ2) is 5.19. The van der Waals surface area contributed by atoms with Crippen molar-refractivity contribution in [2.75, 3.05) is 0 Å². The van der Waals surface area contributed by atoms with Gasteiger partial charge in [0.15, 0.2) is 5.65 Å². The van der Waals surface area contributed by atoms with Gasteiger partial charge in [0, 0.05) is 12.7 Å². The summed E-state index contributed by atoms with van der Waals surface area (Å²) in [4.78, 5) is 9.09. The predicted molar refractivity (Wildman–Crippen MR) is 83.4 cm³/mol. The highest BCUT2D eigenvalue weighted by molar-refractivity contribution is 6.31. The van der Waals surface area contributed by atoms with Crippen molar-refractivity contribution in [1.82, 2.24) is 14.5 Å². The van der Waals surface area contributed by atoms with E-state index in [0.717, 1.165) is 23.5 Å². The highest BCUT2D eigenvalue weighted by atomic mass is 35.5. The van der Waals surface area contributed by atoms with Gasteiger partial charge in [-0.2, -0.15) is 0 Å². The van der Waals surface area contributed by atoms with E-state index < -0.39 is 0 Å². The number of fused-ring (bicyclic) bond motifs is 1. The molecule has 5 heteroatoms. The highest BCUT2D eigenvalue weighted by Crippen LogP contribution is 2.51. The summed E-state index contributed by atoms with van der Waals surface area (Å²) in [6.45, 7) is 5.17. The van der Waals surface area contributed by atoms with Crippen LogP contribution in [-0.4, -0.2) is 14.5 Å². The van der Waals surface area contributed by atoms with E-state index in [1.165, 1.54) is 25.7 Å². The maximum absolute atomic E-state index is 6.30. The Morgan fingerprint density at radius 3 is 2.80 bits per heavy atom. The van der Waals surface area contributed by atoms with E-state index in [2.05, 4.69) is 21.5 Å². The summed E-state index contributed by atoms with van der Waals surface area (Å²) in [6, 6.07) is 1.86. The maximum atomic E-state index is 6.30. The number of hydrogen-bond acceptors (Lipinski definition) is 2. The van der Waals surface area contributed by atoms with Crippen LogP contribution in [0.15, 0.2) is 12.3 Å². The Balaban J connectivity index is 2.05. The third kappa shape index (κ3) is 2.53. The molecular weight excluding hydrogens is 293 g/mol. The molecule has 3 nitrogen and oxygen atoms in total. The maximum Gasteiger partial charge on any atom is 0.160 e. The molecule has 0 aromatic carbocycles. The average molecular weight is 312 g/mol. The Kier molecular flexibility index (Phi) is 3.67. The van der Waals surface area contributed by atoms with Crippen LogP contribution in [-0.2, 0) is 6.54 Å². The molecule has 1 atom stereocenters. The number of pyridine rings is 1. The van der Waals surface area contributed by atoms with Gasteiger partial charge >= 0.3 is 0 Å². The summed E-state index contributed by atoms with van der Waals surface area (Å²) in [6.07, 6.45) is 6.76. The van der Waals surface area contributed by atoms with Crippen molar-refractivity contribution in [3.8, 4) is 0 Å². The van der Waals surface area contributed by atoms with Crippen LogP contribution in [0, 0.1) is 5.41 Å². The van der Waals surface area contributed by atoms with Gasteiger partial charge in [0.1, 0.15) is 11.3 Å². The minimum Gasteiger partial charge on any atom is -0.311 e. The molecule has 0 radical (unpaired) electrons. The summed E-state index contributed by atoms with van der Waals surface area (Å²) < 4.78 is 2.20. The number of hydrogen-bond donors (Lipinski definition) is 0. The van der Waals surface area contributed by atoms with Crippen LogP contribution in [0.3, 0.4) is 0 Å². The molecule has 1 saturated carbocycles. The van der Waals surface area contributed by atoms with E-state index in [0.29, 0.717) is 10.4 Å². The number of nitrogens with zero attached hydrogens (tertiary/aromatic N) is 3.